The highest BCUT2D eigenvalue weighted by atomic mass is 19.1. The number of amides is 1. The highest BCUT2D eigenvalue weighted by Crippen LogP contribution is 2.40. The molecule has 188 valence electrons. The van der Waals surface area contributed by atoms with Crippen molar-refractivity contribution in [2.45, 2.75) is 12.5 Å². The van der Waals surface area contributed by atoms with E-state index in [1.54, 1.807) is 31.4 Å². The number of carbonyl (C=O) groups excluding carboxylic acids is 2. The standard InChI is InChI=1S/C29H25FN2O5/c1-36-21-5-3-4-18(14-21)26-25(27(33)17-6-8-20(30)9-7-17)28(34)29(35)32(26)13-12-19-16-31-24-11-10-22(37-2)15-23(19)24/h3-11,14-16,26,31,33H,12-13H2,1-2H3/t26-/m1/s1. The molecule has 1 amide bonds. The van der Waals surface area contributed by atoms with Crippen molar-refractivity contribution in [1.29, 1.82) is 0 Å². The van der Waals surface area contributed by atoms with Gasteiger partial charge in [0.1, 0.15) is 23.1 Å². The Bertz CT molecular complexity index is 1520. The molecule has 2 heterocycles. The summed E-state index contributed by atoms with van der Waals surface area (Å²) < 4.78 is 24.2. The van der Waals surface area contributed by atoms with Crippen molar-refractivity contribution < 1.29 is 28.6 Å². The van der Waals surface area contributed by atoms with E-state index in [0.29, 0.717) is 23.5 Å². The van der Waals surface area contributed by atoms with Gasteiger partial charge in [0.05, 0.1) is 25.8 Å². The molecule has 1 fully saturated rings. The fraction of sp³-hybridized carbons (Fsp3) is 0.172. The Morgan fingerprint density at radius 1 is 1.00 bits per heavy atom. The molecule has 0 bridgehead atoms. The van der Waals surface area contributed by atoms with Crippen molar-refractivity contribution in [2.75, 3.05) is 20.8 Å². The zero-order valence-corrected chi connectivity index (χ0v) is 20.3. The molecule has 0 radical (unpaired) electrons. The average Bonchev–Trinajstić information content (AvgIpc) is 3.44. The van der Waals surface area contributed by atoms with Crippen LogP contribution in [0, 0.1) is 5.82 Å². The van der Waals surface area contributed by atoms with Gasteiger partial charge in [0, 0.05) is 29.2 Å². The molecule has 7 nitrogen and oxygen atoms in total. The van der Waals surface area contributed by atoms with Crippen LogP contribution in [0.15, 0.2) is 78.5 Å². The number of ketones is 1. The number of hydrogen-bond donors (Lipinski definition) is 2. The van der Waals surface area contributed by atoms with Crippen LogP contribution in [0.5, 0.6) is 11.5 Å². The van der Waals surface area contributed by atoms with Gasteiger partial charge in [-0.15, -0.1) is 0 Å². The summed E-state index contributed by atoms with van der Waals surface area (Å²) >= 11 is 0. The number of H-pyrrole nitrogens is 1. The Morgan fingerprint density at radius 3 is 2.46 bits per heavy atom. The third-order valence-electron chi connectivity index (χ3n) is 6.66. The number of nitrogens with zero attached hydrogens (tertiary/aromatic N) is 1. The van der Waals surface area contributed by atoms with E-state index < -0.39 is 23.5 Å². The third kappa shape index (κ3) is 4.42. The monoisotopic (exact) mass is 500 g/mol. The van der Waals surface area contributed by atoms with Gasteiger partial charge in [0.2, 0.25) is 0 Å². The van der Waals surface area contributed by atoms with Crippen LogP contribution in [0.3, 0.4) is 0 Å². The van der Waals surface area contributed by atoms with Gasteiger partial charge in [-0.3, -0.25) is 9.59 Å². The first-order chi connectivity index (χ1) is 17.9. The number of carbonyl (C=O) groups is 2. The number of fused-ring (bicyclic) bond motifs is 1. The van der Waals surface area contributed by atoms with Crippen LogP contribution in [-0.2, 0) is 16.0 Å². The summed E-state index contributed by atoms with van der Waals surface area (Å²) in [7, 11) is 3.13. The van der Waals surface area contributed by atoms with Gasteiger partial charge in [-0.05, 0) is 72.1 Å². The van der Waals surface area contributed by atoms with Crippen molar-refractivity contribution >= 4 is 28.4 Å². The predicted octanol–water partition coefficient (Wildman–Crippen LogP) is 4.99. The second-order valence-electron chi connectivity index (χ2n) is 8.75. The van der Waals surface area contributed by atoms with E-state index in [2.05, 4.69) is 4.98 Å². The number of methoxy groups -OCH3 is 2. The average molecular weight is 501 g/mol. The summed E-state index contributed by atoms with van der Waals surface area (Å²) in [6, 6.07) is 17.0. The van der Waals surface area contributed by atoms with Crippen LogP contribution < -0.4 is 9.47 Å². The second kappa shape index (κ2) is 9.81. The van der Waals surface area contributed by atoms with Crippen molar-refractivity contribution in [2.24, 2.45) is 0 Å². The Morgan fingerprint density at radius 2 is 1.73 bits per heavy atom. The first-order valence-corrected chi connectivity index (χ1v) is 11.7. The van der Waals surface area contributed by atoms with E-state index in [-0.39, 0.29) is 23.4 Å². The molecule has 1 atom stereocenters. The third-order valence-corrected chi connectivity index (χ3v) is 6.66. The lowest BCUT2D eigenvalue weighted by Crippen LogP contribution is -2.31. The molecule has 0 saturated carbocycles. The minimum atomic E-state index is -0.847. The summed E-state index contributed by atoms with van der Waals surface area (Å²) in [5.41, 5.74) is 2.70. The lowest BCUT2D eigenvalue weighted by Gasteiger charge is -2.25. The lowest BCUT2D eigenvalue weighted by molar-refractivity contribution is -0.139. The summed E-state index contributed by atoms with van der Waals surface area (Å²) in [4.78, 5) is 31.2. The topological polar surface area (TPSA) is 91.9 Å². The number of rotatable bonds is 7. The van der Waals surface area contributed by atoms with E-state index >= 15 is 0 Å². The minimum Gasteiger partial charge on any atom is -0.507 e. The maximum atomic E-state index is 13.5. The first kappa shape index (κ1) is 24.1. The number of aliphatic hydroxyl groups excluding tert-OH is 1. The van der Waals surface area contributed by atoms with Crippen molar-refractivity contribution in [1.82, 2.24) is 9.88 Å². The number of likely N-dealkylation sites (tertiary alicyclic amines) is 1. The largest absolute Gasteiger partial charge is 0.507 e. The molecule has 8 heteroatoms. The molecule has 2 N–H and O–H groups in total. The summed E-state index contributed by atoms with van der Waals surface area (Å²) in [5.74, 6) is -1.08. The molecule has 5 rings (SSSR count). The summed E-state index contributed by atoms with van der Waals surface area (Å²) in [6.07, 6.45) is 2.33. The molecule has 1 aromatic heterocycles. The normalized spacial score (nSPS) is 16.9. The quantitative estimate of drug-likeness (QED) is 0.212. The zero-order valence-electron chi connectivity index (χ0n) is 20.3. The van der Waals surface area contributed by atoms with Gasteiger partial charge in [-0.2, -0.15) is 0 Å². The molecular formula is C29H25FN2O5. The van der Waals surface area contributed by atoms with Crippen LogP contribution in [-0.4, -0.2) is 47.4 Å². The van der Waals surface area contributed by atoms with E-state index in [1.165, 1.54) is 36.3 Å². The Hall–Kier alpha value is -4.59. The SMILES string of the molecule is COc1cccc([C@@H]2C(=C(O)c3ccc(F)cc3)C(=O)C(=O)N2CCc2c[nH]c3ccc(OC)cc23)c1. The van der Waals surface area contributed by atoms with Gasteiger partial charge < -0.3 is 24.5 Å². The van der Waals surface area contributed by atoms with Gasteiger partial charge in [-0.25, -0.2) is 4.39 Å². The number of aromatic nitrogens is 1. The molecule has 1 aliphatic rings. The Labute approximate surface area is 212 Å². The molecule has 37 heavy (non-hydrogen) atoms. The fourth-order valence-corrected chi connectivity index (χ4v) is 4.76. The highest BCUT2D eigenvalue weighted by molar-refractivity contribution is 6.46. The number of aliphatic hydroxyl groups is 1. The van der Waals surface area contributed by atoms with Crippen LogP contribution in [0.2, 0.25) is 0 Å². The minimum absolute atomic E-state index is 0.0505. The Balaban J connectivity index is 1.56. The first-order valence-electron chi connectivity index (χ1n) is 11.7. The van der Waals surface area contributed by atoms with Crippen molar-refractivity contribution in [3.05, 3.63) is 101 Å². The molecular weight excluding hydrogens is 475 g/mol. The molecule has 4 aromatic rings. The fourth-order valence-electron chi connectivity index (χ4n) is 4.76. The number of benzene rings is 3. The van der Waals surface area contributed by atoms with E-state index in [9.17, 15) is 19.1 Å². The van der Waals surface area contributed by atoms with Gasteiger partial charge in [0.15, 0.2) is 0 Å². The number of Topliss-reactive ketones (excluding diaryl/α,β-unsaturated/α-hetero) is 1. The molecule has 1 aliphatic heterocycles. The smallest absolute Gasteiger partial charge is 0.295 e. The number of halogens is 1. The molecule has 3 aromatic carbocycles. The lowest BCUT2D eigenvalue weighted by atomic mass is 9.95. The Kier molecular flexibility index (Phi) is 6.40. The van der Waals surface area contributed by atoms with Crippen LogP contribution in [0.25, 0.3) is 16.7 Å². The van der Waals surface area contributed by atoms with E-state index in [4.69, 9.17) is 9.47 Å². The van der Waals surface area contributed by atoms with Gasteiger partial charge in [-0.1, -0.05) is 12.1 Å². The van der Waals surface area contributed by atoms with Crippen molar-refractivity contribution in [3.63, 3.8) is 0 Å². The van der Waals surface area contributed by atoms with Crippen LogP contribution >= 0.6 is 0 Å². The molecule has 0 spiro atoms. The number of hydrogen-bond acceptors (Lipinski definition) is 5. The van der Waals surface area contributed by atoms with E-state index in [0.717, 1.165) is 16.5 Å². The molecule has 0 aliphatic carbocycles. The summed E-state index contributed by atoms with van der Waals surface area (Å²) in [6.45, 7) is 0.219. The van der Waals surface area contributed by atoms with E-state index in [1.807, 2.05) is 24.4 Å². The zero-order chi connectivity index (χ0) is 26.1. The second-order valence-corrected chi connectivity index (χ2v) is 8.75. The highest BCUT2D eigenvalue weighted by Gasteiger charge is 2.46. The number of aromatic amines is 1. The van der Waals surface area contributed by atoms with Crippen LogP contribution in [0.4, 0.5) is 4.39 Å². The number of ether oxygens (including phenoxy) is 2. The predicted molar refractivity (Wildman–Crippen MR) is 137 cm³/mol. The van der Waals surface area contributed by atoms with Gasteiger partial charge >= 0.3 is 0 Å². The summed E-state index contributed by atoms with van der Waals surface area (Å²) in [5, 5.41) is 12.1. The maximum Gasteiger partial charge on any atom is 0.295 e. The van der Waals surface area contributed by atoms with Gasteiger partial charge in [0.25, 0.3) is 11.7 Å². The van der Waals surface area contributed by atoms with Crippen molar-refractivity contribution in [3.8, 4) is 11.5 Å². The maximum absolute atomic E-state index is 13.5. The number of nitrogens with one attached hydrogen (secondary N) is 1. The molecule has 1 saturated heterocycles. The van der Waals surface area contributed by atoms with Crippen LogP contribution in [0.1, 0.15) is 22.7 Å². The molecule has 0 unspecified atom stereocenters.